The molecule has 4 aliphatic carbocycles. The maximum atomic E-state index is 11.0. The van der Waals surface area contributed by atoms with Crippen LogP contribution in [0.15, 0.2) is 0 Å². The molecule has 3 nitrogen and oxygen atoms in total. The molecule has 22 heavy (non-hydrogen) atoms. The van der Waals surface area contributed by atoms with Gasteiger partial charge in [-0.3, -0.25) is 0 Å². The summed E-state index contributed by atoms with van der Waals surface area (Å²) >= 11 is 0. The minimum absolute atomic E-state index is 0.0794. The van der Waals surface area contributed by atoms with Gasteiger partial charge in [-0.1, -0.05) is 13.3 Å². The minimum atomic E-state index is -0.838. The molecule has 3 heteroatoms. The lowest BCUT2D eigenvalue weighted by atomic mass is 9.43. The van der Waals surface area contributed by atoms with Gasteiger partial charge in [0.05, 0.1) is 17.8 Å². The van der Waals surface area contributed by atoms with Gasteiger partial charge in [0.15, 0.2) is 0 Å². The Balaban J connectivity index is 1.72. The molecule has 1 unspecified atom stereocenters. The van der Waals surface area contributed by atoms with Crippen LogP contribution in [0.5, 0.6) is 0 Å². The van der Waals surface area contributed by atoms with Crippen LogP contribution in [-0.2, 0) is 0 Å². The van der Waals surface area contributed by atoms with Crippen molar-refractivity contribution in [2.75, 3.05) is 6.61 Å². The molecule has 0 amide bonds. The molecule has 0 saturated heterocycles. The molecular formula is C19H32O3. The number of aliphatic hydroxyl groups excluding tert-OH is 1. The SMILES string of the molecule is C[C@@]12CCC[C@@](C)(O)[C@H]1CCC13C[C@@H](CC[C@H]12)[C@](O)(CO)C3. The third kappa shape index (κ3) is 1.79. The largest absolute Gasteiger partial charge is 0.393 e. The van der Waals surface area contributed by atoms with Crippen molar-refractivity contribution in [2.45, 2.75) is 82.8 Å². The van der Waals surface area contributed by atoms with E-state index in [0.717, 1.165) is 44.9 Å². The summed E-state index contributed by atoms with van der Waals surface area (Å²) in [4.78, 5) is 0. The standard InChI is InChI=1S/C19H32O3/c1-16-7-3-8-17(2,21)14(16)6-9-18-10-13(4-5-15(16)18)19(22,11-18)12-20/h13-15,20-22H,3-12H2,1-2H3/t13-,14+,15+,16-,17-,18?,19-/m1/s1. The first kappa shape index (κ1) is 15.4. The van der Waals surface area contributed by atoms with Crippen LogP contribution in [-0.4, -0.2) is 33.1 Å². The maximum absolute atomic E-state index is 11.0. The number of aliphatic hydroxyl groups is 3. The van der Waals surface area contributed by atoms with Crippen LogP contribution in [0.1, 0.15) is 71.6 Å². The fourth-order valence-corrected chi connectivity index (χ4v) is 7.77. The summed E-state index contributed by atoms with van der Waals surface area (Å²) in [5.74, 6) is 1.31. The van der Waals surface area contributed by atoms with Gasteiger partial charge in [0.25, 0.3) is 0 Å². The Morgan fingerprint density at radius 1 is 0.955 bits per heavy atom. The van der Waals surface area contributed by atoms with Gasteiger partial charge in [0, 0.05) is 0 Å². The van der Waals surface area contributed by atoms with E-state index in [1.807, 2.05) is 0 Å². The van der Waals surface area contributed by atoms with Gasteiger partial charge in [-0.15, -0.1) is 0 Å². The topological polar surface area (TPSA) is 60.7 Å². The summed E-state index contributed by atoms with van der Waals surface area (Å²) in [6, 6.07) is 0. The number of rotatable bonds is 1. The Kier molecular flexibility index (Phi) is 3.14. The lowest BCUT2D eigenvalue weighted by Gasteiger charge is -2.63. The smallest absolute Gasteiger partial charge is 0.0910 e. The van der Waals surface area contributed by atoms with Gasteiger partial charge in [-0.05, 0) is 86.9 Å². The monoisotopic (exact) mass is 308 g/mol. The second-order valence-corrected chi connectivity index (χ2v) is 9.64. The van der Waals surface area contributed by atoms with Crippen LogP contribution >= 0.6 is 0 Å². The molecule has 126 valence electrons. The molecule has 0 heterocycles. The van der Waals surface area contributed by atoms with Crippen LogP contribution in [0.3, 0.4) is 0 Å². The Bertz CT molecular complexity index is 475. The zero-order valence-corrected chi connectivity index (χ0v) is 14.1. The Labute approximate surface area is 134 Å². The van der Waals surface area contributed by atoms with Gasteiger partial charge in [-0.25, -0.2) is 0 Å². The molecule has 2 bridgehead atoms. The highest BCUT2D eigenvalue weighted by Gasteiger charge is 2.67. The van der Waals surface area contributed by atoms with Crippen molar-refractivity contribution in [3.05, 3.63) is 0 Å². The summed E-state index contributed by atoms with van der Waals surface area (Å²) in [6.07, 6.45) is 9.62. The Morgan fingerprint density at radius 2 is 1.73 bits per heavy atom. The zero-order valence-electron chi connectivity index (χ0n) is 14.1. The molecule has 4 rings (SSSR count). The van der Waals surface area contributed by atoms with Gasteiger partial charge in [-0.2, -0.15) is 0 Å². The molecule has 1 spiro atoms. The molecule has 4 aliphatic rings. The third-order valence-corrected chi connectivity index (χ3v) is 8.56. The van der Waals surface area contributed by atoms with Gasteiger partial charge < -0.3 is 15.3 Å². The van der Waals surface area contributed by atoms with Crippen LogP contribution in [0.4, 0.5) is 0 Å². The zero-order chi connectivity index (χ0) is 15.8. The highest BCUT2D eigenvalue weighted by atomic mass is 16.3. The van der Waals surface area contributed by atoms with Crippen molar-refractivity contribution >= 4 is 0 Å². The van der Waals surface area contributed by atoms with Crippen LogP contribution < -0.4 is 0 Å². The average Bonchev–Trinajstić information content (AvgIpc) is 2.65. The van der Waals surface area contributed by atoms with Gasteiger partial charge in [0.2, 0.25) is 0 Å². The van der Waals surface area contributed by atoms with Crippen LogP contribution in [0.2, 0.25) is 0 Å². The predicted octanol–water partition coefficient (Wildman–Crippen LogP) is 2.87. The highest BCUT2D eigenvalue weighted by Crippen LogP contribution is 2.71. The first-order valence-corrected chi connectivity index (χ1v) is 9.31. The molecule has 4 saturated carbocycles. The van der Waals surface area contributed by atoms with Gasteiger partial charge >= 0.3 is 0 Å². The third-order valence-electron chi connectivity index (χ3n) is 8.56. The van der Waals surface area contributed by atoms with E-state index < -0.39 is 11.2 Å². The predicted molar refractivity (Wildman–Crippen MR) is 85.2 cm³/mol. The van der Waals surface area contributed by atoms with E-state index in [0.29, 0.717) is 11.8 Å². The quantitative estimate of drug-likeness (QED) is 0.698. The summed E-state index contributed by atoms with van der Waals surface area (Å²) in [7, 11) is 0. The molecule has 0 aromatic rings. The van der Waals surface area contributed by atoms with E-state index in [4.69, 9.17) is 0 Å². The van der Waals surface area contributed by atoms with E-state index >= 15 is 0 Å². The van der Waals surface area contributed by atoms with Crippen LogP contribution in [0.25, 0.3) is 0 Å². The molecule has 3 N–H and O–H groups in total. The van der Waals surface area contributed by atoms with Crippen LogP contribution in [0, 0.1) is 28.6 Å². The molecule has 0 aliphatic heterocycles. The average molecular weight is 308 g/mol. The van der Waals surface area contributed by atoms with Crippen molar-refractivity contribution in [1.29, 1.82) is 0 Å². The summed E-state index contributed by atoms with van der Waals surface area (Å²) < 4.78 is 0. The molecular weight excluding hydrogens is 276 g/mol. The maximum Gasteiger partial charge on any atom is 0.0910 e. The second kappa shape index (κ2) is 4.49. The van der Waals surface area contributed by atoms with Gasteiger partial charge in [0.1, 0.15) is 0 Å². The first-order valence-electron chi connectivity index (χ1n) is 9.31. The second-order valence-electron chi connectivity index (χ2n) is 9.64. The Hall–Kier alpha value is -0.120. The first-order chi connectivity index (χ1) is 10.3. The Morgan fingerprint density at radius 3 is 2.45 bits per heavy atom. The molecule has 0 aromatic heterocycles. The van der Waals surface area contributed by atoms with E-state index in [-0.39, 0.29) is 23.4 Å². The molecule has 7 atom stereocenters. The highest BCUT2D eigenvalue weighted by molar-refractivity contribution is 5.17. The normalized spacial score (nSPS) is 60.7. The lowest BCUT2D eigenvalue weighted by molar-refractivity contribution is -0.180. The number of fused-ring (bicyclic) bond motifs is 3. The minimum Gasteiger partial charge on any atom is -0.393 e. The summed E-state index contributed by atoms with van der Waals surface area (Å²) in [5.41, 5.74) is -0.919. The van der Waals surface area contributed by atoms with Crippen molar-refractivity contribution in [1.82, 2.24) is 0 Å². The van der Waals surface area contributed by atoms with E-state index in [2.05, 4.69) is 13.8 Å². The van der Waals surface area contributed by atoms with E-state index in [1.165, 1.54) is 12.8 Å². The van der Waals surface area contributed by atoms with E-state index in [9.17, 15) is 15.3 Å². The molecule has 4 fully saturated rings. The summed E-state index contributed by atoms with van der Waals surface area (Å²) in [6.45, 7) is 4.40. The number of hydrogen-bond acceptors (Lipinski definition) is 3. The molecule has 0 radical (unpaired) electrons. The van der Waals surface area contributed by atoms with E-state index in [1.54, 1.807) is 0 Å². The van der Waals surface area contributed by atoms with Crippen molar-refractivity contribution < 1.29 is 15.3 Å². The fourth-order valence-electron chi connectivity index (χ4n) is 7.77. The van der Waals surface area contributed by atoms with Crippen molar-refractivity contribution in [2.24, 2.45) is 28.6 Å². The fraction of sp³-hybridized carbons (Fsp3) is 1.00. The summed E-state index contributed by atoms with van der Waals surface area (Å²) in [5, 5.41) is 31.6. The van der Waals surface area contributed by atoms with Crippen molar-refractivity contribution in [3.63, 3.8) is 0 Å². The number of hydrogen-bond donors (Lipinski definition) is 3. The lowest BCUT2D eigenvalue weighted by Crippen LogP contribution is -2.58. The molecule has 0 aromatic carbocycles. The van der Waals surface area contributed by atoms with Crippen molar-refractivity contribution in [3.8, 4) is 0 Å².